The number of nitrogens with zero attached hydrogens (tertiary/aromatic N) is 4. The third kappa shape index (κ3) is 7.24. The van der Waals surface area contributed by atoms with Crippen LogP contribution in [0.2, 0.25) is 0 Å². The zero-order valence-corrected chi connectivity index (χ0v) is 24.7. The van der Waals surface area contributed by atoms with Crippen LogP contribution in [-0.4, -0.2) is 96.2 Å². The summed E-state index contributed by atoms with van der Waals surface area (Å²) in [7, 11) is -5.14. The van der Waals surface area contributed by atoms with Gasteiger partial charge in [0.2, 0.25) is 11.0 Å². The maximum Gasteiger partial charge on any atom is 0.362 e. The molecule has 4 rings (SSSR count). The van der Waals surface area contributed by atoms with E-state index in [4.69, 9.17) is 10.6 Å². The van der Waals surface area contributed by atoms with Crippen molar-refractivity contribution in [2.24, 2.45) is 5.16 Å². The Kier molecular flexibility index (Phi) is 9.48. The van der Waals surface area contributed by atoms with Crippen molar-refractivity contribution in [3.05, 3.63) is 39.3 Å². The number of anilines is 1. The number of aromatic hydroxyl groups is 1. The number of thiazole rings is 1. The van der Waals surface area contributed by atoms with Gasteiger partial charge in [0.05, 0.1) is 24.5 Å². The van der Waals surface area contributed by atoms with Crippen LogP contribution in [-0.2, 0) is 36.1 Å². The molecule has 1 aliphatic carbocycles. The molecule has 20 nitrogen and oxygen atoms in total. The van der Waals surface area contributed by atoms with Gasteiger partial charge in [-0.25, -0.2) is 18.9 Å². The molecule has 2 aromatic heterocycles. The summed E-state index contributed by atoms with van der Waals surface area (Å²) in [5.74, 6) is -4.43. The number of amides is 4. The van der Waals surface area contributed by atoms with E-state index in [1.807, 2.05) is 0 Å². The average Bonchev–Trinajstić information content (AvgIpc) is 3.40. The quantitative estimate of drug-likeness (QED) is 0.0436. The van der Waals surface area contributed by atoms with Gasteiger partial charge in [-0.15, -0.1) is 11.3 Å². The first-order valence-electron chi connectivity index (χ1n) is 13.1. The van der Waals surface area contributed by atoms with Crippen LogP contribution >= 0.6 is 11.3 Å². The van der Waals surface area contributed by atoms with E-state index in [-0.39, 0.29) is 33.7 Å². The number of hydrogen-bond donors (Lipinski definition) is 8. The minimum absolute atomic E-state index is 0.0203. The number of β-lactam (4-membered cyclic amide) rings is 1. The van der Waals surface area contributed by atoms with Crippen molar-refractivity contribution in [2.45, 2.75) is 56.3 Å². The lowest BCUT2D eigenvalue weighted by Gasteiger charge is -2.44. The monoisotopic (exact) mass is 672 g/mol. The molecule has 2 atom stereocenters. The van der Waals surface area contributed by atoms with Gasteiger partial charge in [-0.3, -0.25) is 18.9 Å². The smallest absolute Gasteiger partial charge is 0.362 e. The summed E-state index contributed by atoms with van der Waals surface area (Å²) < 4.78 is 33.7. The fourth-order valence-electron chi connectivity index (χ4n) is 4.69. The molecule has 1 saturated carbocycles. The van der Waals surface area contributed by atoms with Crippen molar-refractivity contribution in [1.29, 1.82) is 0 Å². The highest BCUT2D eigenvalue weighted by molar-refractivity contribution is 7.84. The number of nitrogens with two attached hydrogens (primary N) is 1. The van der Waals surface area contributed by atoms with E-state index in [0.717, 1.165) is 23.8 Å². The van der Waals surface area contributed by atoms with Gasteiger partial charge in [0.15, 0.2) is 16.6 Å². The van der Waals surface area contributed by atoms with Crippen molar-refractivity contribution in [2.75, 3.05) is 12.3 Å². The molecular weight excluding hydrogens is 644 g/mol. The first-order valence-corrected chi connectivity index (χ1v) is 15.4. The van der Waals surface area contributed by atoms with Crippen LogP contribution in [0.25, 0.3) is 0 Å². The molecule has 0 radical (unpaired) electrons. The number of rotatable bonds is 11. The molecule has 22 heteroatoms. The van der Waals surface area contributed by atoms with Crippen LogP contribution in [0.1, 0.15) is 43.5 Å². The molecule has 1 saturated heterocycles. The molecule has 4 amide bonds. The van der Waals surface area contributed by atoms with Crippen LogP contribution in [0, 0.1) is 0 Å². The number of oxime groups is 1. The third-order valence-corrected chi connectivity index (χ3v) is 8.66. The van der Waals surface area contributed by atoms with Crippen molar-refractivity contribution < 1.29 is 52.4 Å². The maximum absolute atomic E-state index is 13.3. The van der Waals surface area contributed by atoms with Gasteiger partial charge >= 0.3 is 22.3 Å². The van der Waals surface area contributed by atoms with Crippen LogP contribution in [0.3, 0.4) is 0 Å². The number of aliphatic carboxylic acids is 1. The number of urea groups is 1. The Labute approximate surface area is 257 Å². The third-order valence-electron chi connectivity index (χ3n) is 7.04. The van der Waals surface area contributed by atoms with Gasteiger partial charge < -0.3 is 41.9 Å². The number of nitrogens with one attached hydrogen (secondary N) is 3. The number of carboxylic acid groups (broad SMARTS) is 1. The summed E-state index contributed by atoms with van der Waals surface area (Å²) in [6.45, 7) is -1.07. The number of hydrogen-bond acceptors (Lipinski definition) is 14. The largest absolute Gasteiger partial charge is 0.503 e. The second-order valence-corrected chi connectivity index (χ2v) is 12.2. The first-order chi connectivity index (χ1) is 21.1. The lowest BCUT2D eigenvalue weighted by Crippen LogP contribution is -2.74. The summed E-state index contributed by atoms with van der Waals surface area (Å²) in [5, 5.41) is 40.7. The topological polar surface area (TPSA) is 305 Å². The average molecular weight is 673 g/mol. The molecule has 0 spiro atoms. The van der Waals surface area contributed by atoms with Crippen molar-refractivity contribution in [3.63, 3.8) is 0 Å². The number of carboxylic acids is 1. The molecule has 244 valence electrons. The van der Waals surface area contributed by atoms with Crippen LogP contribution in [0.4, 0.5) is 9.93 Å². The summed E-state index contributed by atoms with van der Waals surface area (Å²) in [5.41, 5.74) is 2.29. The number of aromatic nitrogens is 2. The zero-order valence-electron chi connectivity index (χ0n) is 23.1. The first kappa shape index (κ1) is 32.9. The van der Waals surface area contributed by atoms with Gasteiger partial charge in [-0.05, 0) is 12.8 Å². The Hall–Kier alpha value is -4.96. The maximum atomic E-state index is 13.3. The molecule has 0 aromatic carbocycles. The molecule has 9 N–H and O–H groups in total. The number of carbonyl (C=O) groups is 4. The van der Waals surface area contributed by atoms with E-state index in [0.29, 0.717) is 23.8 Å². The number of pyridine rings is 1. The van der Waals surface area contributed by atoms with E-state index in [2.05, 4.69) is 26.1 Å². The van der Waals surface area contributed by atoms with E-state index in [1.165, 1.54) is 5.38 Å². The lowest BCUT2D eigenvalue weighted by molar-refractivity contribution is -0.171. The fourth-order valence-corrected chi connectivity index (χ4v) is 6.12. The Morgan fingerprint density at radius 1 is 1.20 bits per heavy atom. The van der Waals surface area contributed by atoms with Gasteiger partial charge in [0.1, 0.15) is 11.7 Å². The van der Waals surface area contributed by atoms with Crippen LogP contribution in [0.15, 0.2) is 27.6 Å². The highest BCUT2D eigenvalue weighted by Gasteiger charge is 2.54. The lowest BCUT2D eigenvalue weighted by atomic mass is 9.85. The fraction of sp³-hybridized carbons (Fsp3) is 0.435. The summed E-state index contributed by atoms with van der Waals surface area (Å²) in [6, 6.07) is -3.31. The molecule has 1 aliphatic heterocycles. The van der Waals surface area contributed by atoms with Crippen molar-refractivity contribution in [1.82, 2.24) is 30.0 Å². The van der Waals surface area contributed by atoms with Gasteiger partial charge in [-0.1, -0.05) is 11.6 Å². The zero-order chi connectivity index (χ0) is 33.1. The van der Waals surface area contributed by atoms with E-state index >= 15 is 0 Å². The predicted molar refractivity (Wildman–Crippen MR) is 152 cm³/mol. The van der Waals surface area contributed by atoms with E-state index < -0.39 is 81.8 Å². The van der Waals surface area contributed by atoms with E-state index in [9.17, 15) is 52.4 Å². The molecular formula is C23H28N8O12S2. The molecule has 0 unspecified atom stereocenters. The van der Waals surface area contributed by atoms with Crippen LogP contribution in [0.5, 0.6) is 5.75 Å². The number of carbonyl (C=O) groups excluding carboxylic acids is 3. The van der Waals surface area contributed by atoms with Gasteiger partial charge in [0.25, 0.3) is 11.8 Å². The highest BCUT2D eigenvalue weighted by Crippen LogP contribution is 2.32. The predicted octanol–water partition coefficient (Wildman–Crippen LogP) is -1.66. The second-order valence-electron chi connectivity index (χ2n) is 10.0. The highest BCUT2D eigenvalue weighted by atomic mass is 32.2. The minimum Gasteiger partial charge on any atom is -0.503 e. The minimum atomic E-state index is -5.14. The molecule has 2 aliphatic rings. The van der Waals surface area contributed by atoms with Gasteiger partial charge in [0, 0.05) is 30.8 Å². The Bertz CT molecular complexity index is 1700. The van der Waals surface area contributed by atoms with E-state index in [1.54, 1.807) is 0 Å². The summed E-state index contributed by atoms with van der Waals surface area (Å²) in [6.07, 6.45) is 2.77. The van der Waals surface area contributed by atoms with Crippen molar-refractivity contribution >= 4 is 56.3 Å². The molecule has 2 fully saturated rings. The molecule has 3 heterocycles. The Morgan fingerprint density at radius 3 is 2.49 bits per heavy atom. The Balaban J connectivity index is 1.49. The Morgan fingerprint density at radius 2 is 1.89 bits per heavy atom. The van der Waals surface area contributed by atoms with Crippen molar-refractivity contribution in [3.8, 4) is 5.75 Å². The second kappa shape index (κ2) is 13.0. The normalized spacial score (nSPS) is 19.7. The molecule has 0 bridgehead atoms. The summed E-state index contributed by atoms with van der Waals surface area (Å²) in [4.78, 5) is 71.3. The van der Waals surface area contributed by atoms with Gasteiger partial charge in [-0.2, -0.15) is 13.1 Å². The molecule has 2 aromatic rings. The SMILES string of the molecule is Nc1nc(C(=NOC2(C(=O)O)CCCCC2)C(=O)N[C@@H]2C(=O)N(S(=O)(=O)O)[C@@H]2CNC(=O)NCc2cc(=O)c(O)cn2O)cs1. The number of nitrogen functional groups attached to an aromatic ring is 1. The van der Waals surface area contributed by atoms with Crippen LogP contribution < -0.4 is 27.1 Å². The summed E-state index contributed by atoms with van der Waals surface area (Å²) >= 11 is 0.922. The standard InChI is InChI=1S/C23H28N8O12S2/c24-21-27-12(10-44-21)16(29-43-23(20(36)37)4-2-1-3-5-23)18(34)28-17-13(31(19(17)35)45(40,41)42)8-26-22(38)25-7-11-6-14(32)15(33)9-30(11)39/h6,9-10,13,17,33,39H,1-5,7-8H2,(H2,24,27)(H,28,34)(H,36,37)(H2,25,26,38)(H,40,41,42)/t13-,17+/m1/s1. The molecule has 45 heavy (non-hydrogen) atoms.